The lowest BCUT2D eigenvalue weighted by molar-refractivity contribution is -0.130. The predicted octanol–water partition coefficient (Wildman–Crippen LogP) is 2.03. The van der Waals surface area contributed by atoms with E-state index in [1.807, 2.05) is 47.8 Å². The highest BCUT2D eigenvalue weighted by Crippen LogP contribution is 2.24. The van der Waals surface area contributed by atoms with Gasteiger partial charge in [0.2, 0.25) is 11.1 Å². The van der Waals surface area contributed by atoms with Gasteiger partial charge in [-0.25, -0.2) is 8.42 Å². The lowest BCUT2D eigenvalue weighted by Gasteiger charge is -2.27. The van der Waals surface area contributed by atoms with Gasteiger partial charge in [0.25, 0.3) is 0 Å². The number of rotatable bonds is 7. The number of hydrogen-bond acceptors (Lipinski definition) is 8. The maximum atomic E-state index is 13.0. The third kappa shape index (κ3) is 4.85. The normalized spacial score (nSPS) is 18.0. The van der Waals surface area contributed by atoms with Gasteiger partial charge in [0, 0.05) is 10.9 Å². The molecule has 1 amide bonds. The van der Waals surface area contributed by atoms with Crippen LogP contribution in [0.15, 0.2) is 53.0 Å². The molecule has 0 spiro atoms. The number of para-hydroxylation sites is 1. The number of amides is 1. The lowest BCUT2D eigenvalue weighted by Crippen LogP contribution is -2.41. The predicted molar refractivity (Wildman–Crippen MR) is 112 cm³/mol. The Bertz CT molecular complexity index is 1070. The molecule has 2 aromatic heterocycles. The van der Waals surface area contributed by atoms with Crippen LogP contribution in [0.5, 0.6) is 0 Å². The van der Waals surface area contributed by atoms with Gasteiger partial charge < -0.3 is 4.90 Å². The van der Waals surface area contributed by atoms with Crippen LogP contribution in [0.2, 0.25) is 0 Å². The summed E-state index contributed by atoms with van der Waals surface area (Å²) in [4.78, 5) is 15.8. The van der Waals surface area contributed by atoms with E-state index in [2.05, 4.69) is 15.5 Å². The monoisotopic (exact) mass is 449 g/mol. The third-order valence-corrected chi connectivity index (χ3v) is 8.16. The molecule has 0 saturated carbocycles. The Labute approximate surface area is 176 Å². The molecule has 1 aromatic carbocycles. The van der Waals surface area contributed by atoms with E-state index < -0.39 is 9.84 Å². The molecule has 11 heteroatoms. The average Bonchev–Trinajstić information content (AvgIpc) is 3.46. The van der Waals surface area contributed by atoms with Crippen molar-refractivity contribution in [1.29, 1.82) is 0 Å². The molecule has 1 fully saturated rings. The van der Waals surface area contributed by atoms with Crippen molar-refractivity contribution in [1.82, 2.24) is 25.1 Å². The number of sulfone groups is 1. The summed E-state index contributed by atoms with van der Waals surface area (Å²) in [6, 6.07) is 13.0. The standard InChI is InChI=1S/C18H19N5O3S3/c24-17(12-28-18-19-20-21-23(18)14-5-2-1-3-6-14)22(11-16-7-4-9-27-16)15-8-10-29(25,26)13-15/h1-7,9,15H,8,10-13H2/t15-/m0/s1. The largest absolute Gasteiger partial charge is 0.333 e. The highest BCUT2D eigenvalue weighted by atomic mass is 32.2. The molecule has 1 aliphatic heterocycles. The summed E-state index contributed by atoms with van der Waals surface area (Å²) in [6.45, 7) is 0.418. The second-order valence-corrected chi connectivity index (χ2v) is 10.9. The van der Waals surface area contributed by atoms with E-state index in [0.717, 1.165) is 10.6 Å². The zero-order valence-electron chi connectivity index (χ0n) is 15.4. The molecule has 8 nitrogen and oxygen atoms in total. The molecule has 3 aromatic rings. The Balaban J connectivity index is 1.48. The van der Waals surface area contributed by atoms with Crippen LogP contribution in [-0.2, 0) is 21.2 Å². The van der Waals surface area contributed by atoms with E-state index in [-0.39, 0.29) is 29.2 Å². The summed E-state index contributed by atoms with van der Waals surface area (Å²) in [5, 5.41) is 14.2. The van der Waals surface area contributed by atoms with Crippen LogP contribution >= 0.6 is 23.1 Å². The van der Waals surface area contributed by atoms with Crippen molar-refractivity contribution in [3.05, 3.63) is 52.7 Å². The van der Waals surface area contributed by atoms with Gasteiger partial charge in [-0.2, -0.15) is 4.68 Å². The van der Waals surface area contributed by atoms with Crippen LogP contribution in [0.3, 0.4) is 0 Å². The smallest absolute Gasteiger partial charge is 0.233 e. The minimum atomic E-state index is -3.09. The second kappa shape index (κ2) is 8.64. The Morgan fingerprint density at radius 2 is 2.07 bits per heavy atom. The van der Waals surface area contributed by atoms with E-state index in [0.29, 0.717) is 18.1 Å². The molecular weight excluding hydrogens is 430 g/mol. The van der Waals surface area contributed by atoms with Gasteiger partial charge >= 0.3 is 0 Å². The summed E-state index contributed by atoms with van der Waals surface area (Å²) in [5.74, 6) is 0.171. The van der Waals surface area contributed by atoms with Crippen molar-refractivity contribution in [3.8, 4) is 5.69 Å². The maximum Gasteiger partial charge on any atom is 0.233 e. The number of thiophene rings is 1. The van der Waals surface area contributed by atoms with Crippen molar-refractivity contribution in [2.24, 2.45) is 0 Å². The molecule has 0 N–H and O–H groups in total. The van der Waals surface area contributed by atoms with Crippen LogP contribution < -0.4 is 0 Å². The Morgan fingerprint density at radius 3 is 2.76 bits per heavy atom. The molecule has 0 unspecified atom stereocenters. The molecule has 152 valence electrons. The van der Waals surface area contributed by atoms with Gasteiger partial charge in [0.15, 0.2) is 9.84 Å². The van der Waals surface area contributed by atoms with Gasteiger partial charge in [0.1, 0.15) is 0 Å². The van der Waals surface area contributed by atoms with E-state index in [1.54, 1.807) is 20.9 Å². The maximum absolute atomic E-state index is 13.0. The molecule has 29 heavy (non-hydrogen) atoms. The highest BCUT2D eigenvalue weighted by Gasteiger charge is 2.34. The SMILES string of the molecule is O=C(CSc1nnnn1-c1ccccc1)N(Cc1cccs1)[C@H]1CCS(=O)(=O)C1. The number of aromatic nitrogens is 4. The van der Waals surface area contributed by atoms with Crippen molar-refractivity contribution in [2.75, 3.05) is 17.3 Å². The van der Waals surface area contributed by atoms with Gasteiger partial charge in [-0.3, -0.25) is 4.79 Å². The van der Waals surface area contributed by atoms with Crippen molar-refractivity contribution in [2.45, 2.75) is 24.2 Å². The van der Waals surface area contributed by atoms with E-state index >= 15 is 0 Å². The van der Waals surface area contributed by atoms with Gasteiger partial charge in [-0.15, -0.1) is 16.4 Å². The summed E-state index contributed by atoms with van der Waals surface area (Å²) in [5.41, 5.74) is 0.810. The number of thioether (sulfide) groups is 1. The molecule has 1 aliphatic rings. The molecule has 4 rings (SSSR count). The number of hydrogen-bond donors (Lipinski definition) is 0. The van der Waals surface area contributed by atoms with Gasteiger partial charge in [-0.1, -0.05) is 36.0 Å². The van der Waals surface area contributed by atoms with Crippen molar-refractivity contribution >= 4 is 38.8 Å². The number of carbonyl (C=O) groups is 1. The van der Waals surface area contributed by atoms with E-state index in [4.69, 9.17) is 0 Å². The molecule has 1 atom stereocenters. The first-order valence-corrected chi connectivity index (χ1v) is 12.7. The number of tetrazole rings is 1. The Hall–Kier alpha value is -2.24. The number of carbonyl (C=O) groups excluding carboxylic acids is 1. The van der Waals surface area contributed by atoms with Crippen molar-refractivity contribution in [3.63, 3.8) is 0 Å². The lowest BCUT2D eigenvalue weighted by atomic mass is 10.2. The first-order valence-electron chi connectivity index (χ1n) is 9.01. The van der Waals surface area contributed by atoms with Gasteiger partial charge in [-0.05, 0) is 40.4 Å². The zero-order chi connectivity index (χ0) is 20.3. The summed E-state index contributed by atoms with van der Waals surface area (Å²) in [6.07, 6.45) is 0.478. The van der Waals surface area contributed by atoms with E-state index in [9.17, 15) is 13.2 Å². The molecule has 0 radical (unpaired) electrons. The minimum absolute atomic E-state index is 0.0243. The molecule has 0 aliphatic carbocycles. The fraction of sp³-hybridized carbons (Fsp3) is 0.333. The first-order chi connectivity index (χ1) is 14.0. The summed E-state index contributed by atoms with van der Waals surface area (Å²) in [7, 11) is -3.09. The fourth-order valence-electron chi connectivity index (χ4n) is 3.22. The molecule has 3 heterocycles. The number of nitrogens with zero attached hydrogens (tertiary/aromatic N) is 5. The summed E-state index contributed by atoms with van der Waals surface area (Å²) < 4.78 is 25.5. The number of benzene rings is 1. The highest BCUT2D eigenvalue weighted by molar-refractivity contribution is 7.99. The molecule has 0 bridgehead atoms. The average molecular weight is 450 g/mol. The van der Waals surface area contributed by atoms with Crippen LogP contribution in [0, 0.1) is 0 Å². The Kier molecular flexibility index (Phi) is 5.97. The van der Waals surface area contributed by atoms with Crippen LogP contribution in [0.1, 0.15) is 11.3 Å². The zero-order valence-corrected chi connectivity index (χ0v) is 17.9. The molecule has 1 saturated heterocycles. The molecular formula is C18H19N5O3S3. The van der Waals surface area contributed by atoms with E-state index in [1.165, 1.54) is 11.8 Å². The van der Waals surface area contributed by atoms with Crippen LogP contribution in [-0.4, -0.2) is 62.7 Å². The summed E-state index contributed by atoms with van der Waals surface area (Å²) >= 11 is 2.80. The third-order valence-electron chi connectivity index (χ3n) is 4.64. The van der Waals surface area contributed by atoms with Crippen LogP contribution in [0.25, 0.3) is 5.69 Å². The first kappa shape index (κ1) is 20.0. The van der Waals surface area contributed by atoms with Crippen LogP contribution in [0.4, 0.5) is 0 Å². The van der Waals surface area contributed by atoms with Crippen molar-refractivity contribution < 1.29 is 13.2 Å². The van der Waals surface area contributed by atoms with Gasteiger partial charge in [0.05, 0.1) is 29.5 Å². The topological polar surface area (TPSA) is 98.1 Å². The Morgan fingerprint density at radius 1 is 1.24 bits per heavy atom. The second-order valence-electron chi connectivity index (χ2n) is 6.66. The fourth-order valence-corrected chi connectivity index (χ4v) is 6.43. The quantitative estimate of drug-likeness (QED) is 0.509. The minimum Gasteiger partial charge on any atom is -0.333 e.